The summed E-state index contributed by atoms with van der Waals surface area (Å²) >= 11 is 4.70. The Labute approximate surface area is 87.1 Å². The van der Waals surface area contributed by atoms with Gasteiger partial charge in [-0.15, -0.1) is 0 Å². The summed E-state index contributed by atoms with van der Waals surface area (Å²) < 4.78 is 0. The lowest BCUT2D eigenvalue weighted by Crippen LogP contribution is -2.35. The number of hydrogen-bond acceptors (Lipinski definition) is 3. The monoisotopic (exact) mass is 212 g/mol. The van der Waals surface area contributed by atoms with Gasteiger partial charge in [0.1, 0.15) is 5.82 Å². The summed E-state index contributed by atoms with van der Waals surface area (Å²) in [4.78, 5) is 18.4. The largest absolute Gasteiger partial charge is 0.393 e. The van der Waals surface area contributed by atoms with Crippen LogP contribution in [0, 0.1) is 5.92 Å². The first kappa shape index (κ1) is 10.6. The minimum Gasteiger partial charge on any atom is -0.393 e. The van der Waals surface area contributed by atoms with Gasteiger partial charge in [0.2, 0.25) is 5.91 Å². The third-order valence-electron chi connectivity index (χ3n) is 1.80. The Morgan fingerprint density at radius 1 is 1.86 bits per heavy atom. The van der Waals surface area contributed by atoms with Crippen molar-refractivity contribution in [1.82, 2.24) is 15.3 Å². The van der Waals surface area contributed by atoms with Crippen molar-refractivity contribution in [2.24, 2.45) is 11.7 Å². The van der Waals surface area contributed by atoms with Crippen LogP contribution in [0.25, 0.3) is 0 Å². The van der Waals surface area contributed by atoms with Crippen LogP contribution in [-0.2, 0) is 11.3 Å². The molecule has 4 N–H and O–H groups in total. The summed E-state index contributed by atoms with van der Waals surface area (Å²) in [6, 6.07) is 0. The molecule has 0 saturated heterocycles. The molecule has 0 saturated carbocycles. The van der Waals surface area contributed by atoms with Crippen molar-refractivity contribution < 1.29 is 4.79 Å². The maximum atomic E-state index is 11.4. The van der Waals surface area contributed by atoms with Gasteiger partial charge >= 0.3 is 0 Å². The molecule has 1 unspecified atom stereocenters. The molecule has 0 fully saturated rings. The zero-order valence-corrected chi connectivity index (χ0v) is 8.60. The van der Waals surface area contributed by atoms with E-state index in [9.17, 15) is 4.79 Å². The Kier molecular flexibility index (Phi) is 3.58. The normalized spacial score (nSPS) is 12.1. The molecule has 76 valence electrons. The van der Waals surface area contributed by atoms with Gasteiger partial charge in [-0.2, -0.15) is 0 Å². The molecular formula is C8H12N4OS. The summed E-state index contributed by atoms with van der Waals surface area (Å²) in [5.74, 6) is 0.0716. The van der Waals surface area contributed by atoms with Crippen molar-refractivity contribution in [2.75, 3.05) is 0 Å². The second-order valence-corrected chi connectivity index (χ2v) is 3.35. The van der Waals surface area contributed by atoms with Crippen LogP contribution in [0.2, 0.25) is 0 Å². The first-order valence-corrected chi connectivity index (χ1v) is 4.57. The number of amides is 1. The van der Waals surface area contributed by atoms with E-state index in [-0.39, 0.29) is 10.9 Å². The number of carbonyl (C=O) groups excluding carboxylic acids is 1. The van der Waals surface area contributed by atoms with Crippen molar-refractivity contribution in [1.29, 1.82) is 0 Å². The molecule has 14 heavy (non-hydrogen) atoms. The molecule has 1 amide bonds. The summed E-state index contributed by atoms with van der Waals surface area (Å²) in [6.07, 6.45) is 3.32. The van der Waals surface area contributed by atoms with Gasteiger partial charge in [-0.05, 0) is 6.92 Å². The Hall–Kier alpha value is -1.43. The lowest BCUT2D eigenvalue weighted by molar-refractivity contribution is -0.122. The van der Waals surface area contributed by atoms with Gasteiger partial charge < -0.3 is 16.0 Å². The van der Waals surface area contributed by atoms with E-state index < -0.39 is 5.92 Å². The van der Waals surface area contributed by atoms with Gasteiger partial charge in [0.15, 0.2) is 0 Å². The van der Waals surface area contributed by atoms with E-state index in [2.05, 4.69) is 15.3 Å². The minimum atomic E-state index is -0.444. The highest BCUT2D eigenvalue weighted by Crippen LogP contribution is 1.96. The van der Waals surface area contributed by atoms with Crippen molar-refractivity contribution in [3.8, 4) is 0 Å². The molecule has 5 nitrogen and oxygen atoms in total. The van der Waals surface area contributed by atoms with E-state index in [4.69, 9.17) is 18.0 Å². The van der Waals surface area contributed by atoms with Gasteiger partial charge in [-0.3, -0.25) is 4.79 Å². The molecule has 0 bridgehead atoms. The zero-order valence-electron chi connectivity index (χ0n) is 7.78. The van der Waals surface area contributed by atoms with Crippen LogP contribution in [0.5, 0.6) is 0 Å². The number of nitrogens with one attached hydrogen (secondary N) is 2. The number of carbonyl (C=O) groups is 1. The molecule has 1 aromatic heterocycles. The topological polar surface area (TPSA) is 83.8 Å². The Morgan fingerprint density at radius 3 is 3.07 bits per heavy atom. The Bertz CT molecular complexity index is 322. The van der Waals surface area contributed by atoms with Crippen molar-refractivity contribution >= 4 is 23.1 Å². The number of aromatic nitrogens is 2. The fraction of sp³-hybridized carbons (Fsp3) is 0.375. The second kappa shape index (κ2) is 4.71. The molecule has 1 rings (SSSR count). The van der Waals surface area contributed by atoms with E-state index in [0.29, 0.717) is 12.4 Å². The first-order chi connectivity index (χ1) is 6.61. The predicted molar refractivity (Wildman–Crippen MR) is 56.4 cm³/mol. The number of nitrogens with two attached hydrogens (primary N) is 1. The molecule has 1 aromatic rings. The number of aromatic amines is 1. The fourth-order valence-electron chi connectivity index (χ4n) is 0.848. The molecule has 0 aromatic carbocycles. The van der Waals surface area contributed by atoms with Crippen molar-refractivity contribution in [2.45, 2.75) is 13.5 Å². The summed E-state index contributed by atoms with van der Waals surface area (Å²) in [7, 11) is 0. The summed E-state index contributed by atoms with van der Waals surface area (Å²) in [6.45, 7) is 2.03. The number of H-pyrrole nitrogens is 1. The first-order valence-electron chi connectivity index (χ1n) is 4.16. The van der Waals surface area contributed by atoms with E-state index in [0.717, 1.165) is 0 Å². The lowest BCUT2D eigenvalue weighted by atomic mass is 10.2. The van der Waals surface area contributed by atoms with E-state index in [1.807, 2.05) is 0 Å². The summed E-state index contributed by atoms with van der Waals surface area (Å²) in [5.41, 5.74) is 5.33. The number of nitrogens with zero attached hydrogens (tertiary/aromatic N) is 1. The van der Waals surface area contributed by atoms with Gasteiger partial charge in [0.05, 0.1) is 17.5 Å². The quantitative estimate of drug-likeness (QED) is 0.611. The van der Waals surface area contributed by atoms with Crippen LogP contribution in [0.3, 0.4) is 0 Å². The minimum absolute atomic E-state index is 0.186. The Morgan fingerprint density at radius 2 is 2.57 bits per heavy atom. The number of thiocarbonyl (C=S) groups is 1. The van der Waals surface area contributed by atoms with Gasteiger partial charge in [-0.1, -0.05) is 12.2 Å². The molecule has 0 aliphatic rings. The van der Waals surface area contributed by atoms with E-state index >= 15 is 0 Å². The van der Waals surface area contributed by atoms with Crippen LogP contribution in [0.15, 0.2) is 12.4 Å². The van der Waals surface area contributed by atoms with Gasteiger partial charge in [0, 0.05) is 12.4 Å². The van der Waals surface area contributed by atoms with Crippen LogP contribution in [0.4, 0.5) is 0 Å². The SMILES string of the molecule is CC(C(=O)NCc1ncc[nH]1)C(N)=S. The molecule has 1 heterocycles. The number of rotatable bonds is 4. The predicted octanol–water partition coefficient (Wildman–Crippen LogP) is -0.0519. The van der Waals surface area contributed by atoms with Crippen LogP contribution in [-0.4, -0.2) is 20.9 Å². The average molecular weight is 212 g/mol. The highest BCUT2D eigenvalue weighted by Gasteiger charge is 2.14. The average Bonchev–Trinajstić information content (AvgIpc) is 2.65. The summed E-state index contributed by atoms with van der Waals surface area (Å²) in [5, 5.41) is 2.67. The molecular weight excluding hydrogens is 200 g/mol. The number of imidazole rings is 1. The molecule has 1 atom stereocenters. The van der Waals surface area contributed by atoms with Crippen LogP contribution >= 0.6 is 12.2 Å². The maximum absolute atomic E-state index is 11.4. The Balaban J connectivity index is 2.39. The standard InChI is InChI=1S/C8H12N4OS/c1-5(7(9)14)8(13)12-4-6-10-2-3-11-6/h2-3,5H,4H2,1H3,(H2,9,14)(H,10,11)(H,12,13). The fourth-order valence-corrected chi connectivity index (χ4v) is 0.955. The van der Waals surface area contributed by atoms with Crippen molar-refractivity contribution in [3.05, 3.63) is 18.2 Å². The highest BCUT2D eigenvalue weighted by atomic mass is 32.1. The van der Waals surface area contributed by atoms with E-state index in [1.54, 1.807) is 19.3 Å². The molecule has 0 radical (unpaired) electrons. The van der Waals surface area contributed by atoms with Gasteiger partial charge in [-0.25, -0.2) is 4.98 Å². The zero-order chi connectivity index (χ0) is 10.6. The lowest BCUT2D eigenvalue weighted by Gasteiger charge is -2.08. The maximum Gasteiger partial charge on any atom is 0.230 e. The number of hydrogen-bond donors (Lipinski definition) is 3. The van der Waals surface area contributed by atoms with Crippen LogP contribution < -0.4 is 11.1 Å². The smallest absolute Gasteiger partial charge is 0.230 e. The van der Waals surface area contributed by atoms with Crippen molar-refractivity contribution in [3.63, 3.8) is 0 Å². The third-order valence-corrected chi connectivity index (χ3v) is 2.16. The van der Waals surface area contributed by atoms with Gasteiger partial charge in [0.25, 0.3) is 0 Å². The molecule has 0 aliphatic heterocycles. The molecule has 0 aliphatic carbocycles. The highest BCUT2D eigenvalue weighted by molar-refractivity contribution is 7.80. The van der Waals surface area contributed by atoms with E-state index in [1.165, 1.54) is 0 Å². The third kappa shape index (κ3) is 2.81. The molecule has 6 heteroatoms. The second-order valence-electron chi connectivity index (χ2n) is 2.88. The molecule has 0 spiro atoms. The van der Waals surface area contributed by atoms with Crippen LogP contribution in [0.1, 0.15) is 12.7 Å².